The first-order valence-electron chi connectivity index (χ1n) is 8.90. The molecule has 0 radical (unpaired) electrons. The van der Waals surface area contributed by atoms with E-state index in [2.05, 4.69) is 20.0 Å². The van der Waals surface area contributed by atoms with Crippen molar-refractivity contribution in [1.29, 1.82) is 0 Å². The molecule has 0 spiro atoms. The van der Waals surface area contributed by atoms with Gasteiger partial charge < -0.3 is 10.1 Å². The molecule has 29 heavy (non-hydrogen) atoms. The van der Waals surface area contributed by atoms with Crippen LogP contribution < -0.4 is 14.8 Å². The quantitative estimate of drug-likeness (QED) is 0.516. The lowest BCUT2D eigenvalue weighted by atomic mass is 10.1. The summed E-state index contributed by atoms with van der Waals surface area (Å²) < 4.78 is 30.3. The van der Waals surface area contributed by atoms with Crippen LogP contribution in [0.2, 0.25) is 0 Å². The Morgan fingerprint density at radius 3 is 2.72 bits per heavy atom. The summed E-state index contributed by atoms with van der Waals surface area (Å²) in [6, 6.07) is 14.1. The van der Waals surface area contributed by atoms with Gasteiger partial charge in [0.2, 0.25) is 11.8 Å². The summed E-state index contributed by atoms with van der Waals surface area (Å²) in [6.45, 7) is 1.61. The SMILES string of the molecule is CC(=O)Nc1cc(-c2cnc3c(c2)S(O)(O)NC(c2ccccc2)CO3)ccn1. The Bertz CT molecular complexity index is 1050. The Morgan fingerprint density at radius 1 is 1.17 bits per heavy atom. The van der Waals surface area contributed by atoms with E-state index in [-0.39, 0.29) is 23.3 Å². The van der Waals surface area contributed by atoms with Crippen LogP contribution in [0.15, 0.2) is 65.8 Å². The molecule has 8 nitrogen and oxygen atoms in total. The van der Waals surface area contributed by atoms with Crippen LogP contribution in [0, 0.1) is 0 Å². The number of amides is 1. The number of benzene rings is 1. The van der Waals surface area contributed by atoms with E-state index >= 15 is 0 Å². The minimum atomic E-state index is -3.36. The van der Waals surface area contributed by atoms with Gasteiger partial charge in [-0.25, -0.2) is 14.7 Å². The number of rotatable bonds is 3. The number of carbonyl (C=O) groups is 1. The minimum Gasteiger partial charge on any atom is -0.474 e. The molecule has 4 rings (SSSR count). The number of ether oxygens (including phenoxy) is 1. The highest BCUT2D eigenvalue weighted by molar-refractivity contribution is 8.22. The fourth-order valence-electron chi connectivity index (χ4n) is 3.07. The highest BCUT2D eigenvalue weighted by Gasteiger charge is 2.31. The van der Waals surface area contributed by atoms with E-state index in [1.807, 2.05) is 30.3 Å². The van der Waals surface area contributed by atoms with Crippen molar-refractivity contribution in [2.75, 3.05) is 11.9 Å². The van der Waals surface area contributed by atoms with Gasteiger partial charge in [0.1, 0.15) is 17.3 Å². The van der Waals surface area contributed by atoms with E-state index in [1.165, 1.54) is 6.92 Å². The summed E-state index contributed by atoms with van der Waals surface area (Å²) in [5, 5.41) is 2.63. The first-order valence-corrected chi connectivity index (χ1v) is 10.4. The Morgan fingerprint density at radius 2 is 1.97 bits per heavy atom. The molecule has 1 aromatic carbocycles. The van der Waals surface area contributed by atoms with Crippen molar-refractivity contribution >= 4 is 22.5 Å². The topological polar surface area (TPSA) is 117 Å². The van der Waals surface area contributed by atoms with E-state index < -0.39 is 16.8 Å². The fraction of sp³-hybridized carbons (Fsp3) is 0.150. The average Bonchev–Trinajstić information content (AvgIpc) is 2.84. The van der Waals surface area contributed by atoms with E-state index in [4.69, 9.17) is 4.74 Å². The highest BCUT2D eigenvalue weighted by atomic mass is 32.3. The maximum absolute atomic E-state index is 11.3. The smallest absolute Gasteiger partial charge is 0.238 e. The van der Waals surface area contributed by atoms with Crippen LogP contribution in [0.25, 0.3) is 11.1 Å². The number of pyridine rings is 2. The Hall–Kier alpha value is -2.98. The molecular formula is C20H20N4O4S. The minimum absolute atomic E-state index is 0.177. The normalized spacial score (nSPS) is 18.7. The summed E-state index contributed by atoms with van der Waals surface area (Å²) in [6.07, 6.45) is 3.15. The molecule has 1 aliphatic heterocycles. The zero-order valence-corrected chi connectivity index (χ0v) is 16.4. The summed E-state index contributed by atoms with van der Waals surface area (Å²) in [7, 11) is -3.36. The predicted octanol–water partition coefficient (Wildman–Crippen LogP) is 3.85. The molecule has 0 aliphatic carbocycles. The number of nitrogens with zero attached hydrogens (tertiary/aromatic N) is 2. The first kappa shape index (κ1) is 19.3. The van der Waals surface area contributed by atoms with E-state index in [9.17, 15) is 13.9 Å². The van der Waals surface area contributed by atoms with E-state index in [1.54, 1.807) is 30.6 Å². The van der Waals surface area contributed by atoms with Crippen molar-refractivity contribution < 1.29 is 18.6 Å². The van der Waals surface area contributed by atoms with Crippen molar-refractivity contribution in [3.05, 3.63) is 66.5 Å². The molecule has 1 aliphatic rings. The molecule has 3 heterocycles. The second-order valence-electron chi connectivity index (χ2n) is 6.58. The number of hydrogen-bond donors (Lipinski definition) is 4. The zero-order chi connectivity index (χ0) is 20.4. The van der Waals surface area contributed by atoms with Crippen molar-refractivity contribution in [2.24, 2.45) is 0 Å². The van der Waals surface area contributed by atoms with Crippen LogP contribution in [0.5, 0.6) is 5.88 Å². The molecular weight excluding hydrogens is 392 g/mol. The second-order valence-corrected chi connectivity index (χ2v) is 8.35. The summed E-state index contributed by atoms with van der Waals surface area (Å²) in [4.78, 5) is 19.9. The lowest BCUT2D eigenvalue weighted by Crippen LogP contribution is -2.27. The number of aromatic nitrogens is 2. The largest absolute Gasteiger partial charge is 0.474 e. The van der Waals surface area contributed by atoms with Crippen LogP contribution >= 0.6 is 10.8 Å². The zero-order valence-electron chi connectivity index (χ0n) is 15.6. The highest BCUT2D eigenvalue weighted by Crippen LogP contribution is 2.52. The van der Waals surface area contributed by atoms with Crippen LogP contribution in [0.4, 0.5) is 5.82 Å². The Kier molecular flexibility index (Phi) is 5.20. The van der Waals surface area contributed by atoms with Gasteiger partial charge >= 0.3 is 0 Å². The van der Waals surface area contributed by atoms with Gasteiger partial charge in [-0.05, 0) is 29.3 Å². The number of nitrogens with one attached hydrogen (secondary N) is 2. The van der Waals surface area contributed by atoms with Gasteiger partial charge in [0.25, 0.3) is 0 Å². The summed E-state index contributed by atoms with van der Waals surface area (Å²) in [5.74, 6) is 0.347. The number of fused-ring (bicyclic) bond motifs is 1. The van der Waals surface area contributed by atoms with E-state index in [0.29, 0.717) is 11.4 Å². The molecule has 9 heteroatoms. The van der Waals surface area contributed by atoms with Crippen molar-refractivity contribution in [3.8, 4) is 17.0 Å². The molecule has 4 N–H and O–H groups in total. The molecule has 1 amide bonds. The predicted molar refractivity (Wildman–Crippen MR) is 111 cm³/mol. The fourth-order valence-corrected chi connectivity index (χ4v) is 4.44. The third kappa shape index (κ3) is 4.22. The molecule has 1 unspecified atom stereocenters. The third-order valence-corrected chi connectivity index (χ3v) is 5.94. The standard InChI is InChI=1S/C20H20N4O4S/c1-13(25)23-19-10-15(7-8-21-19)16-9-18-20(22-11-16)28-12-17(24-29(18,26)27)14-5-3-2-4-6-14/h2-11,17,24,26-27H,12H2,1H3,(H,21,23,25). The monoisotopic (exact) mass is 412 g/mol. The number of hydrogen-bond acceptors (Lipinski definition) is 7. The first-order chi connectivity index (χ1) is 13.9. The summed E-state index contributed by atoms with van der Waals surface area (Å²) in [5.41, 5.74) is 2.24. The molecule has 1 atom stereocenters. The molecule has 3 aromatic rings. The van der Waals surface area contributed by atoms with Crippen molar-refractivity contribution in [3.63, 3.8) is 0 Å². The van der Waals surface area contributed by atoms with Crippen molar-refractivity contribution in [2.45, 2.75) is 17.9 Å². The van der Waals surface area contributed by atoms with E-state index in [0.717, 1.165) is 11.1 Å². The molecule has 0 saturated carbocycles. The Labute approximate surface area is 169 Å². The second kappa shape index (κ2) is 7.80. The summed E-state index contributed by atoms with van der Waals surface area (Å²) >= 11 is 0. The van der Waals surface area contributed by atoms with Crippen molar-refractivity contribution in [1.82, 2.24) is 14.7 Å². The van der Waals surface area contributed by atoms with Gasteiger partial charge in [0.05, 0.1) is 6.04 Å². The van der Waals surface area contributed by atoms with Crippen LogP contribution in [-0.4, -0.2) is 31.6 Å². The van der Waals surface area contributed by atoms with Gasteiger partial charge in [-0.3, -0.25) is 13.9 Å². The number of anilines is 1. The van der Waals surface area contributed by atoms with Crippen LogP contribution in [-0.2, 0) is 4.79 Å². The number of carbonyl (C=O) groups excluding carboxylic acids is 1. The average molecular weight is 412 g/mol. The molecule has 0 fully saturated rings. The molecule has 0 saturated heterocycles. The van der Waals surface area contributed by atoms with Gasteiger partial charge in [0.15, 0.2) is 0 Å². The van der Waals surface area contributed by atoms with Gasteiger partial charge in [0, 0.05) is 24.9 Å². The third-order valence-electron chi connectivity index (χ3n) is 4.42. The molecule has 150 valence electrons. The van der Waals surface area contributed by atoms with Crippen LogP contribution in [0.1, 0.15) is 18.5 Å². The lowest BCUT2D eigenvalue weighted by Gasteiger charge is -2.34. The Balaban J connectivity index is 1.68. The lowest BCUT2D eigenvalue weighted by molar-refractivity contribution is -0.114. The maximum Gasteiger partial charge on any atom is 0.238 e. The van der Waals surface area contributed by atoms with Gasteiger partial charge in [-0.2, -0.15) is 0 Å². The molecule has 0 bridgehead atoms. The maximum atomic E-state index is 11.3. The van der Waals surface area contributed by atoms with Crippen LogP contribution in [0.3, 0.4) is 0 Å². The van der Waals surface area contributed by atoms with Gasteiger partial charge in [-0.1, -0.05) is 30.3 Å². The molecule has 2 aromatic heterocycles. The van der Waals surface area contributed by atoms with Gasteiger partial charge in [-0.15, -0.1) is 10.8 Å².